The number of carbonyl (C=O) groups is 2. The summed E-state index contributed by atoms with van der Waals surface area (Å²) < 4.78 is 11.8. The van der Waals surface area contributed by atoms with Gasteiger partial charge in [0, 0.05) is 23.7 Å². The molecule has 4 aromatic carbocycles. The zero-order valence-corrected chi connectivity index (χ0v) is 23.0. The van der Waals surface area contributed by atoms with Gasteiger partial charge in [-0.1, -0.05) is 96.5 Å². The minimum Gasteiger partial charge on any atom is -0.490 e. The highest BCUT2D eigenvalue weighted by atomic mass is 35.5. The second-order valence-electron chi connectivity index (χ2n) is 8.91. The van der Waals surface area contributed by atoms with Crippen molar-refractivity contribution in [1.82, 2.24) is 10.6 Å². The summed E-state index contributed by atoms with van der Waals surface area (Å²) >= 11 is 6.27. The topological polar surface area (TPSA) is 76.7 Å². The Bertz CT molecular complexity index is 1400. The molecule has 0 unspecified atom stereocenters. The van der Waals surface area contributed by atoms with Crippen LogP contribution in [0.3, 0.4) is 0 Å². The number of benzene rings is 4. The summed E-state index contributed by atoms with van der Waals surface area (Å²) in [6.45, 7) is 3.14. The van der Waals surface area contributed by atoms with Crippen molar-refractivity contribution in [1.29, 1.82) is 0 Å². The Balaban J connectivity index is 1.56. The molecule has 0 atom stereocenters. The van der Waals surface area contributed by atoms with Crippen molar-refractivity contribution in [3.63, 3.8) is 0 Å². The molecule has 0 aliphatic rings. The number of hydrogen-bond donors (Lipinski definition) is 2. The monoisotopic (exact) mass is 554 g/mol. The van der Waals surface area contributed by atoms with Crippen molar-refractivity contribution in [2.75, 3.05) is 6.61 Å². The average molecular weight is 555 g/mol. The molecule has 0 saturated carbocycles. The summed E-state index contributed by atoms with van der Waals surface area (Å²) in [5, 5.41) is 6.33. The lowest BCUT2D eigenvalue weighted by atomic mass is 10.1. The average Bonchev–Trinajstić information content (AvgIpc) is 2.99. The molecule has 4 rings (SSSR count). The Morgan fingerprint density at radius 1 is 0.725 bits per heavy atom. The lowest BCUT2D eigenvalue weighted by Crippen LogP contribution is -2.34. The van der Waals surface area contributed by atoms with Crippen molar-refractivity contribution >= 4 is 29.5 Å². The van der Waals surface area contributed by atoms with Gasteiger partial charge in [0.2, 0.25) is 0 Å². The van der Waals surface area contributed by atoms with Crippen LogP contribution >= 0.6 is 11.6 Å². The molecule has 0 fully saturated rings. The number of ether oxygens (including phenoxy) is 2. The summed E-state index contributed by atoms with van der Waals surface area (Å²) in [5.74, 6) is 0.0670. The van der Waals surface area contributed by atoms with Gasteiger partial charge in [-0.2, -0.15) is 0 Å². The van der Waals surface area contributed by atoms with Gasteiger partial charge in [-0.25, -0.2) is 0 Å². The SMILES string of the molecule is CCOc1cc(C=C(C(=O)NCc2ccccc2)C(=O)NCc2ccccc2)ccc1OCc1ccccc1Cl. The van der Waals surface area contributed by atoms with E-state index in [1.54, 1.807) is 24.3 Å². The maximum Gasteiger partial charge on any atom is 0.257 e. The number of carbonyl (C=O) groups excluding carboxylic acids is 2. The van der Waals surface area contributed by atoms with Crippen LogP contribution in [0.4, 0.5) is 0 Å². The zero-order valence-electron chi connectivity index (χ0n) is 22.2. The van der Waals surface area contributed by atoms with Gasteiger partial charge < -0.3 is 20.1 Å². The van der Waals surface area contributed by atoms with E-state index in [-0.39, 0.29) is 12.2 Å². The molecule has 0 aliphatic heterocycles. The summed E-state index contributed by atoms with van der Waals surface area (Å²) in [7, 11) is 0. The first kappa shape index (κ1) is 28.5. The van der Waals surface area contributed by atoms with Gasteiger partial charge in [0.25, 0.3) is 11.8 Å². The lowest BCUT2D eigenvalue weighted by molar-refractivity contribution is -0.123. The number of halogens is 1. The minimum atomic E-state index is -0.480. The third kappa shape index (κ3) is 8.22. The van der Waals surface area contributed by atoms with Crippen LogP contribution in [0.25, 0.3) is 6.08 Å². The Kier molecular flexibility index (Phi) is 10.4. The van der Waals surface area contributed by atoms with E-state index in [2.05, 4.69) is 10.6 Å². The van der Waals surface area contributed by atoms with Crippen LogP contribution in [-0.2, 0) is 29.3 Å². The quantitative estimate of drug-likeness (QED) is 0.122. The standard InChI is InChI=1S/C33H31ClN2O4/c1-2-39-31-20-26(17-18-30(31)40-23-27-15-9-10-16-29(27)34)19-28(32(37)35-21-24-11-5-3-6-12-24)33(38)36-22-25-13-7-4-8-14-25/h3-20H,2,21-23H2,1H3,(H,35,37)(H,36,38). The van der Waals surface area contributed by atoms with Gasteiger partial charge in [0.1, 0.15) is 12.2 Å². The van der Waals surface area contributed by atoms with Crippen LogP contribution in [0.1, 0.15) is 29.2 Å². The Hall–Kier alpha value is -4.55. The second-order valence-corrected chi connectivity index (χ2v) is 9.32. The first-order valence-corrected chi connectivity index (χ1v) is 13.4. The molecule has 204 valence electrons. The van der Waals surface area contributed by atoms with Crippen molar-refractivity contribution in [2.45, 2.75) is 26.6 Å². The van der Waals surface area contributed by atoms with Gasteiger partial charge >= 0.3 is 0 Å². The van der Waals surface area contributed by atoms with E-state index in [1.807, 2.05) is 91.9 Å². The third-order valence-corrected chi connectivity index (χ3v) is 6.37. The Labute approximate surface area is 239 Å². The normalized spacial score (nSPS) is 10.3. The zero-order chi connectivity index (χ0) is 28.2. The van der Waals surface area contributed by atoms with Gasteiger partial charge in [-0.3, -0.25) is 9.59 Å². The molecule has 0 saturated heterocycles. The fourth-order valence-corrected chi connectivity index (χ4v) is 4.11. The lowest BCUT2D eigenvalue weighted by Gasteiger charge is -2.14. The van der Waals surface area contributed by atoms with Crippen LogP contribution in [0.15, 0.2) is 109 Å². The Morgan fingerprint density at radius 2 is 1.30 bits per heavy atom. The summed E-state index contributed by atoms with van der Waals surface area (Å²) in [6, 6.07) is 31.8. The molecule has 2 N–H and O–H groups in total. The molecule has 0 spiro atoms. The minimum absolute atomic E-state index is 0.0148. The Morgan fingerprint density at radius 3 is 1.88 bits per heavy atom. The molecule has 7 heteroatoms. The summed E-state index contributed by atoms with van der Waals surface area (Å²) in [6.07, 6.45) is 1.56. The smallest absolute Gasteiger partial charge is 0.257 e. The van der Waals surface area contributed by atoms with Crippen LogP contribution in [0.2, 0.25) is 5.02 Å². The molecule has 6 nitrogen and oxygen atoms in total. The van der Waals surface area contributed by atoms with Gasteiger partial charge in [0.05, 0.1) is 6.61 Å². The van der Waals surface area contributed by atoms with E-state index in [1.165, 1.54) is 0 Å². The van der Waals surface area contributed by atoms with Crippen LogP contribution in [-0.4, -0.2) is 18.4 Å². The van der Waals surface area contributed by atoms with Crippen LogP contribution in [0, 0.1) is 0 Å². The summed E-state index contributed by atoms with van der Waals surface area (Å²) in [4.78, 5) is 26.5. The molecule has 0 radical (unpaired) electrons. The highest BCUT2D eigenvalue weighted by Gasteiger charge is 2.19. The van der Waals surface area contributed by atoms with Crippen molar-refractivity contribution in [3.8, 4) is 11.5 Å². The van der Waals surface area contributed by atoms with Crippen molar-refractivity contribution in [3.05, 3.63) is 136 Å². The highest BCUT2D eigenvalue weighted by molar-refractivity contribution is 6.31. The predicted octanol–water partition coefficient (Wildman–Crippen LogP) is 6.33. The predicted molar refractivity (Wildman–Crippen MR) is 158 cm³/mol. The molecular formula is C33H31ClN2O4. The van der Waals surface area contributed by atoms with Crippen LogP contribution < -0.4 is 20.1 Å². The van der Waals surface area contributed by atoms with Crippen molar-refractivity contribution in [2.24, 2.45) is 0 Å². The molecule has 0 heterocycles. The first-order valence-electron chi connectivity index (χ1n) is 13.0. The number of amides is 2. The highest BCUT2D eigenvalue weighted by Crippen LogP contribution is 2.31. The number of hydrogen-bond acceptors (Lipinski definition) is 4. The van der Waals surface area contributed by atoms with Gasteiger partial charge in [0.15, 0.2) is 11.5 Å². The van der Waals surface area contributed by atoms with Gasteiger partial charge in [-0.05, 0) is 47.9 Å². The van der Waals surface area contributed by atoms with Crippen molar-refractivity contribution < 1.29 is 19.1 Å². The van der Waals surface area contributed by atoms with Crippen LogP contribution in [0.5, 0.6) is 11.5 Å². The molecule has 40 heavy (non-hydrogen) atoms. The third-order valence-electron chi connectivity index (χ3n) is 6.00. The largest absolute Gasteiger partial charge is 0.490 e. The molecule has 2 amide bonds. The number of rotatable bonds is 12. The fourth-order valence-electron chi connectivity index (χ4n) is 3.92. The maximum absolute atomic E-state index is 13.2. The van der Waals surface area contributed by atoms with E-state index >= 15 is 0 Å². The van der Waals surface area contributed by atoms with E-state index < -0.39 is 11.8 Å². The van der Waals surface area contributed by atoms with E-state index in [0.717, 1.165) is 16.7 Å². The summed E-state index contributed by atoms with van der Waals surface area (Å²) in [5.41, 5.74) is 3.31. The molecule has 0 bridgehead atoms. The van der Waals surface area contributed by atoms with E-state index in [0.29, 0.717) is 41.8 Å². The van der Waals surface area contributed by atoms with E-state index in [9.17, 15) is 9.59 Å². The molecule has 0 aliphatic carbocycles. The van der Waals surface area contributed by atoms with Gasteiger partial charge in [-0.15, -0.1) is 0 Å². The number of nitrogens with one attached hydrogen (secondary N) is 2. The van der Waals surface area contributed by atoms with E-state index in [4.69, 9.17) is 21.1 Å². The molecular weight excluding hydrogens is 524 g/mol. The molecule has 0 aromatic heterocycles. The maximum atomic E-state index is 13.2. The fraction of sp³-hybridized carbons (Fsp3) is 0.152. The second kappa shape index (κ2) is 14.6. The molecule has 4 aromatic rings. The first-order chi connectivity index (χ1) is 19.5.